The maximum atomic E-state index is 12.2. The maximum Gasteiger partial charge on any atom is 0.226 e. The first kappa shape index (κ1) is 15.4. The van der Waals surface area contributed by atoms with Crippen molar-refractivity contribution in [2.24, 2.45) is 0 Å². The van der Waals surface area contributed by atoms with Crippen LogP contribution in [0.15, 0.2) is 23.0 Å². The minimum absolute atomic E-state index is 0.176. The Morgan fingerprint density at radius 1 is 1.22 bits per heavy atom. The van der Waals surface area contributed by atoms with E-state index in [1.165, 1.54) is 0 Å². The van der Waals surface area contributed by atoms with Gasteiger partial charge in [-0.2, -0.15) is 4.98 Å². The van der Waals surface area contributed by atoms with Crippen LogP contribution in [0.5, 0.6) is 0 Å². The van der Waals surface area contributed by atoms with E-state index < -0.39 is 0 Å². The van der Waals surface area contributed by atoms with E-state index in [0.717, 1.165) is 25.5 Å². The molecular weight excluding hydrogens is 296 g/mol. The zero-order chi connectivity index (χ0) is 16.1. The Bertz CT molecular complexity index is 636. The third-order valence-electron chi connectivity index (χ3n) is 3.82. The number of hydrogen-bond acceptors (Lipinski definition) is 7. The molecule has 3 rings (SSSR count). The fourth-order valence-electron chi connectivity index (χ4n) is 2.60. The second-order valence-corrected chi connectivity index (χ2v) is 5.51. The lowest BCUT2D eigenvalue weighted by Crippen LogP contribution is -2.49. The first-order valence-electron chi connectivity index (χ1n) is 7.81. The van der Waals surface area contributed by atoms with Gasteiger partial charge in [0.25, 0.3) is 0 Å². The standard InChI is InChI=1S/C15H20N6O2/c1-12-18-13(23-19-12)4-2-5-14(22)20-8-10-21(11-9-20)15-16-6-3-7-17-15/h3,6-7H,2,4-5,8-11H2,1H3. The van der Waals surface area contributed by atoms with Crippen molar-refractivity contribution in [2.75, 3.05) is 31.1 Å². The summed E-state index contributed by atoms with van der Waals surface area (Å²) in [6, 6.07) is 1.80. The van der Waals surface area contributed by atoms with Crippen LogP contribution in [0.2, 0.25) is 0 Å². The molecule has 23 heavy (non-hydrogen) atoms. The van der Waals surface area contributed by atoms with Gasteiger partial charge in [-0.15, -0.1) is 0 Å². The van der Waals surface area contributed by atoms with Gasteiger partial charge in [-0.25, -0.2) is 9.97 Å². The number of piperazine rings is 1. The number of anilines is 1. The number of amides is 1. The van der Waals surface area contributed by atoms with E-state index in [-0.39, 0.29) is 5.91 Å². The summed E-state index contributed by atoms with van der Waals surface area (Å²) in [5.74, 6) is 2.13. The molecule has 2 aromatic rings. The zero-order valence-electron chi connectivity index (χ0n) is 13.2. The maximum absolute atomic E-state index is 12.2. The highest BCUT2D eigenvalue weighted by atomic mass is 16.5. The number of rotatable bonds is 5. The molecule has 8 nitrogen and oxygen atoms in total. The largest absolute Gasteiger partial charge is 0.339 e. The van der Waals surface area contributed by atoms with Crippen LogP contribution in [0, 0.1) is 6.92 Å². The van der Waals surface area contributed by atoms with Crippen LogP contribution in [-0.4, -0.2) is 57.1 Å². The molecule has 0 saturated carbocycles. The monoisotopic (exact) mass is 316 g/mol. The minimum Gasteiger partial charge on any atom is -0.339 e. The summed E-state index contributed by atoms with van der Waals surface area (Å²) < 4.78 is 5.05. The molecule has 0 bridgehead atoms. The average Bonchev–Trinajstić information content (AvgIpc) is 3.01. The Balaban J connectivity index is 1.41. The van der Waals surface area contributed by atoms with Crippen LogP contribution in [0.25, 0.3) is 0 Å². The van der Waals surface area contributed by atoms with Gasteiger partial charge in [0, 0.05) is 51.4 Å². The van der Waals surface area contributed by atoms with Gasteiger partial charge < -0.3 is 14.3 Å². The van der Waals surface area contributed by atoms with Crippen molar-refractivity contribution in [1.29, 1.82) is 0 Å². The predicted octanol–water partition coefficient (Wildman–Crippen LogP) is 0.840. The normalized spacial score (nSPS) is 15.0. The van der Waals surface area contributed by atoms with Gasteiger partial charge >= 0.3 is 0 Å². The number of aromatic nitrogens is 4. The van der Waals surface area contributed by atoms with Gasteiger partial charge in [0.1, 0.15) is 0 Å². The zero-order valence-corrected chi connectivity index (χ0v) is 13.2. The quantitative estimate of drug-likeness (QED) is 0.807. The molecule has 0 radical (unpaired) electrons. The van der Waals surface area contributed by atoms with Gasteiger partial charge in [-0.3, -0.25) is 4.79 Å². The summed E-state index contributed by atoms with van der Waals surface area (Å²) >= 11 is 0. The number of carbonyl (C=O) groups excluding carboxylic acids is 1. The Kier molecular flexibility index (Phi) is 4.80. The molecule has 0 unspecified atom stereocenters. The summed E-state index contributed by atoms with van der Waals surface area (Å²) in [6.07, 6.45) is 5.34. The van der Waals surface area contributed by atoms with Gasteiger partial charge in [0.05, 0.1) is 0 Å². The van der Waals surface area contributed by atoms with Crippen LogP contribution in [-0.2, 0) is 11.2 Å². The van der Waals surface area contributed by atoms with E-state index in [1.807, 2.05) is 4.90 Å². The van der Waals surface area contributed by atoms with E-state index >= 15 is 0 Å². The summed E-state index contributed by atoms with van der Waals surface area (Å²) in [6.45, 7) is 4.72. The molecule has 0 aromatic carbocycles. The first-order chi connectivity index (χ1) is 11.2. The van der Waals surface area contributed by atoms with E-state index in [0.29, 0.717) is 37.6 Å². The average molecular weight is 316 g/mol. The van der Waals surface area contributed by atoms with Crippen molar-refractivity contribution in [1.82, 2.24) is 25.0 Å². The lowest BCUT2D eigenvalue weighted by atomic mass is 10.2. The van der Waals surface area contributed by atoms with Crippen LogP contribution in [0.1, 0.15) is 24.6 Å². The Labute approximate surface area is 134 Å². The van der Waals surface area contributed by atoms with Gasteiger partial charge in [-0.1, -0.05) is 5.16 Å². The molecule has 2 aromatic heterocycles. The fraction of sp³-hybridized carbons (Fsp3) is 0.533. The molecule has 1 saturated heterocycles. The predicted molar refractivity (Wildman–Crippen MR) is 82.8 cm³/mol. The summed E-state index contributed by atoms with van der Waals surface area (Å²) in [7, 11) is 0. The second-order valence-electron chi connectivity index (χ2n) is 5.51. The van der Waals surface area contributed by atoms with Crippen LogP contribution in [0.3, 0.4) is 0 Å². The van der Waals surface area contributed by atoms with Crippen molar-refractivity contribution in [3.05, 3.63) is 30.2 Å². The Hall–Kier alpha value is -2.51. The molecule has 0 atom stereocenters. The van der Waals surface area contributed by atoms with Crippen molar-refractivity contribution < 1.29 is 9.32 Å². The lowest BCUT2D eigenvalue weighted by molar-refractivity contribution is -0.131. The molecule has 0 N–H and O–H groups in total. The number of hydrogen-bond donors (Lipinski definition) is 0. The lowest BCUT2D eigenvalue weighted by Gasteiger charge is -2.34. The number of aryl methyl sites for hydroxylation is 2. The molecule has 122 valence electrons. The molecule has 3 heterocycles. The van der Waals surface area contributed by atoms with Gasteiger partial charge in [0.15, 0.2) is 5.82 Å². The van der Waals surface area contributed by atoms with E-state index in [9.17, 15) is 4.79 Å². The molecule has 1 aliphatic rings. The van der Waals surface area contributed by atoms with Gasteiger partial charge in [0.2, 0.25) is 17.7 Å². The molecule has 0 spiro atoms. The van der Waals surface area contributed by atoms with E-state index in [2.05, 4.69) is 25.0 Å². The van der Waals surface area contributed by atoms with Crippen LogP contribution >= 0.6 is 0 Å². The number of carbonyl (C=O) groups is 1. The van der Waals surface area contributed by atoms with Crippen molar-refractivity contribution in [2.45, 2.75) is 26.2 Å². The number of nitrogens with zero attached hydrogens (tertiary/aromatic N) is 6. The third-order valence-corrected chi connectivity index (χ3v) is 3.82. The molecule has 8 heteroatoms. The SMILES string of the molecule is Cc1noc(CCCC(=O)N2CCN(c3ncccn3)CC2)n1. The van der Waals surface area contributed by atoms with Crippen LogP contribution < -0.4 is 4.90 Å². The van der Waals surface area contributed by atoms with E-state index in [1.54, 1.807) is 25.4 Å². The second kappa shape index (κ2) is 7.17. The highest BCUT2D eigenvalue weighted by molar-refractivity contribution is 5.76. The van der Waals surface area contributed by atoms with Gasteiger partial charge in [-0.05, 0) is 19.4 Å². The van der Waals surface area contributed by atoms with Crippen molar-refractivity contribution >= 4 is 11.9 Å². The fourth-order valence-corrected chi connectivity index (χ4v) is 2.60. The minimum atomic E-state index is 0.176. The third kappa shape index (κ3) is 4.02. The molecule has 0 aliphatic carbocycles. The molecule has 1 aliphatic heterocycles. The molecule has 1 amide bonds. The molecular formula is C15H20N6O2. The highest BCUT2D eigenvalue weighted by Crippen LogP contribution is 2.11. The molecule has 1 fully saturated rings. The summed E-state index contributed by atoms with van der Waals surface area (Å²) in [5, 5.41) is 3.74. The smallest absolute Gasteiger partial charge is 0.226 e. The van der Waals surface area contributed by atoms with Crippen molar-refractivity contribution in [3.8, 4) is 0 Å². The van der Waals surface area contributed by atoms with Crippen LogP contribution in [0.4, 0.5) is 5.95 Å². The highest BCUT2D eigenvalue weighted by Gasteiger charge is 2.22. The van der Waals surface area contributed by atoms with E-state index in [4.69, 9.17) is 4.52 Å². The topological polar surface area (TPSA) is 88.3 Å². The summed E-state index contributed by atoms with van der Waals surface area (Å²) in [4.78, 5) is 28.9. The Morgan fingerprint density at radius 3 is 2.61 bits per heavy atom. The van der Waals surface area contributed by atoms with Crippen molar-refractivity contribution in [3.63, 3.8) is 0 Å². The Morgan fingerprint density at radius 2 is 1.96 bits per heavy atom. The first-order valence-corrected chi connectivity index (χ1v) is 7.81. The summed E-state index contributed by atoms with van der Waals surface area (Å²) in [5.41, 5.74) is 0.